The molecule has 0 saturated carbocycles. The van der Waals surface area contributed by atoms with E-state index in [0.29, 0.717) is 29.6 Å². The monoisotopic (exact) mass is 370 g/mol. The van der Waals surface area contributed by atoms with Crippen molar-refractivity contribution in [2.45, 2.75) is 19.4 Å². The molecule has 9 heteroatoms. The maximum absolute atomic E-state index is 13.2. The van der Waals surface area contributed by atoms with Crippen LogP contribution in [0.5, 0.6) is 0 Å². The molecular weight excluding hydrogens is 355 g/mol. The summed E-state index contributed by atoms with van der Waals surface area (Å²) in [6, 6.07) is 5.80. The van der Waals surface area contributed by atoms with Crippen molar-refractivity contribution < 1.29 is 12.8 Å². The second-order valence-corrected chi connectivity index (χ2v) is 8.32. The molecule has 1 saturated heterocycles. The zero-order valence-corrected chi connectivity index (χ0v) is 14.5. The molecule has 3 rings (SSSR count). The van der Waals surface area contributed by atoms with Crippen molar-refractivity contribution in [3.63, 3.8) is 0 Å². The van der Waals surface area contributed by atoms with Crippen LogP contribution in [0.15, 0.2) is 24.3 Å². The number of rotatable bonds is 4. The third-order valence-corrected chi connectivity index (χ3v) is 5.67. The van der Waals surface area contributed by atoms with Gasteiger partial charge >= 0.3 is 0 Å². The largest absolute Gasteiger partial charge is 0.366 e. The molecule has 0 bridgehead atoms. The molecule has 1 aliphatic heterocycles. The molecule has 1 aromatic carbocycles. The Morgan fingerprint density at radius 2 is 2.00 bits per heavy atom. The molecule has 0 amide bonds. The zero-order chi connectivity index (χ0) is 17.3. The van der Waals surface area contributed by atoms with Crippen LogP contribution in [0.1, 0.15) is 12.2 Å². The van der Waals surface area contributed by atoms with Crippen molar-refractivity contribution in [2.75, 3.05) is 22.1 Å². The molecule has 1 unspecified atom stereocenters. The van der Waals surface area contributed by atoms with Gasteiger partial charge in [0.1, 0.15) is 23.3 Å². The number of sulfone groups is 1. The van der Waals surface area contributed by atoms with Gasteiger partial charge in [-0.3, -0.25) is 0 Å². The van der Waals surface area contributed by atoms with Gasteiger partial charge in [-0.15, -0.1) is 0 Å². The first-order valence-corrected chi connectivity index (χ1v) is 9.55. The van der Waals surface area contributed by atoms with Gasteiger partial charge < -0.3 is 10.6 Å². The summed E-state index contributed by atoms with van der Waals surface area (Å²) in [5.74, 6) is 1.37. The highest BCUT2D eigenvalue weighted by molar-refractivity contribution is 7.91. The molecule has 0 radical (unpaired) electrons. The number of hydrogen-bond donors (Lipinski definition) is 2. The summed E-state index contributed by atoms with van der Waals surface area (Å²) < 4.78 is 36.3. The molecular formula is C15H16ClFN4O2S. The van der Waals surface area contributed by atoms with E-state index >= 15 is 0 Å². The Morgan fingerprint density at radius 1 is 1.25 bits per heavy atom. The summed E-state index contributed by atoms with van der Waals surface area (Å²) in [5.41, 5.74) is 0.592. The van der Waals surface area contributed by atoms with Gasteiger partial charge in [0.05, 0.1) is 16.5 Å². The fraction of sp³-hybridized carbons (Fsp3) is 0.333. The second kappa shape index (κ2) is 6.52. The predicted octanol–water partition coefficient (Wildman–Crippen LogP) is 2.92. The van der Waals surface area contributed by atoms with E-state index in [1.807, 2.05) is 0 Å². The quantitative estimate of drug-likeness (QED) is 0.860. The maximum atomic E-state index is 13.2. The Hall–Kier alpha value is -1.93. The Kier molecular flexibility index (Phi) is 4.60. The van der Waals surface area contributed by atoms with Crippen LogP contribution in [0.25, 0.3) is 0 Å². The lowest BCUT2D eigenvalue weighted by atomic mass is 10.2. The van der Waals surface area contributed by atoms with Gasteiger partial charge in [-0.1, -0.05) is 11.6 Å². The van der Waals surface area contributed by atoms with Gasteiger partial charge in [0.2, 0.25) is 0 Å². The topological polar surface area (TPSA) is 84.0 Å². The van der Waals surface area contributed by atoms with E-state index in [1.54, 1.807) is 19.1 Å². The molecule has 1 atom stereocenters. The lowest BCUT2D eigenvalue weighted by molar-refractivity contribution is 0.602. The molecule has 1 aliphatic rings. The molecule has 2 aromatic rings. The molecule has 24 heavy (non-hydrogen) atoms. The third kappa shape index (κ3) is 4.12. The zero-order valence-electron chi connectivity index (χ0n) is 12.9. The van der Waals surface area contributed by atoms with Crippen molar-refractivity contribution in [1.29, 1.82) is 0 Å². The van der Waals surface area contributed by atoms with Crippen LogP contribution in [-0.4, -0.2) is 35.9 Å². The molecule has 0 spiro atoms. The van der Waals surface area contributed by atoms with Crippen molar-refractivity contribution in [3.05, 3.63) is 40.9 Å². The summed E-state index contributed by atoms with van der Waals surface area (Å²) in [5, 5.41) is 6.18. The first-order chi connectivity index (χ1) is 11.3. The minimum absolute atomic E-state index is 0.0142. The van der Waals surface area contributed by atoms with E-state index in [9.17, 15) is 12.8 Å². The predicted molar refractivity (Wildman–Crippen MR) is 92.1 cm³/mol. The number of hydrogen-bond acceptors (Lipinski definition) is 6. The molecule has 128 valence electrons. The number of aryl methyl sites for hydroxylation is 1. The smallest absolute Gasteiger partial charge is 0.152 e. The lowest BCUT2D eigenvalue weighted by Gasteiger charge is -2.14. The SMILES string of the molecule is Cc1nc(Nc2ccc(F)c(Cl)c2)cc(NC2CCS(=O)(=O)C2)n1. The summed E-state index contributed by atoms with van der Waals surface area (Å²) in [7, 11) is -2.96. The van der Waals surface area contributed by atoms with E-state index < -0.39 is 15.7 Å². The van der Waals surface area contributed by atoms with Crippen LogP contribution in [0.2, 0.25) is 5.02 Å². The van der Waals surface area contributed by atoms with Crippen molar-refractivity contribution in [1.82, 2.24) is 9.97 Å². The fourth-order valence-corrected chi connectivity index (χ4v) is 4.40. The third-order valence-electron chi connectivity index (χ3n) is 3.61. The number of benzene rings is 1. The number of halogens is 2. The standard InChI is InChI=1S/C15H16ClFN4O2S/c1-9-18-14(20-10-2-3-13(17)12(16)6-10)7-15(19-9)21-11-4-5-24(22,23)8-11/h2-3,6-7,11H,4-5,8H2,1H3,(H2,18,19,20,21). The van der Waals surface area contributed by atoms with Gasteiger partial charge in [-0.25, -0.2) is 22.8 Å². The van der Waals surface area contributed by atoms with Gasteiger partial charge in [0.25, 0.3) is 0 Å². The van der Waals surface area contributed by atoms with E-state index in [4.69, 9.17) is 11.6 Å². The van der Waals surface area contributed by atoms with Crippen molar-refractivity contribution in [3.8, 4) is 0 Å². The minimum Gasteiger partial charge on any atom is -0.366 e. The van der Waals surface area contributed by atoms with Gasteiger partial charge in [0, 0.05) is 17.8 Å². The number of nitrogens with zero attached hydrogens (tertiary/aromatic N) is 2. The van der Waals surface area contributed by atoms with Crippen LogP contribution < -0.4 is 10.6 Å². The van der Waals surface area contributed by atoms with Gasteiger partial charge in [0.15, 0.2) is 9.84 Å². The first kappa shape index (κ1) is 16.9. The van der Waals surface area contributed by atoms with E-state index in [0.717, 1.165) is 0 Å². The van der Waals surface area contributed by atoms with E-state index in [1.165, 1.54) is 12.1 Å². The average molecular weight is 371 g/mol. The van der Waals surface area contributed by atoms with Crippen LogP contribution in [-0.2, 0) is 9.84 Å². The molecule has 1 fully saturated rings. The lowest BCUT2D eigenvalue weighted by Crippen LogP contribution is -2.21. The van der Waals surface area contributed by atoms with Gasteiger partial charge in [-0.2, -0.15) is 0 Å². The maximum Gasteiger partial charge on any atom is 0.152 e. The van der Waals surface area contributed by atoms with Crippen LogP contribution in [0.4, 0.5) is 21.7 Å². The molecule has 2 heterocycles. The Morgan fingerprint density at radius 3 is 2.67 bits per heavy atom. The molecule has 0 aliphatic carbocycles. The highest BCUT2D eigenvalue weighted by Gasteiger charge is 2.28. The second-order valence-electron chi connectivity index (χ2n) is 5.68. The Labute approximate surface area is 144 Å². The highest BCUT2D eigenvalue weighted by atomic mass is 35.5. The van der Waals surface area contributed by atoms with E-state index in [-0.39, 0.29) is 22.6 Å². The highest BCUT2D eigenvalue weighted by Crippen LogP contribution is 2.24. The average Bonchev–Trinajstić information content (AvgIpc) is 2.81. The number of anilines is 3. The number of aromatic nitrogens is 2. The summed E-state index contributed by atoms with van der Waals surface area (Å²) in [6.45, 7) is 1.74. The van der Waals surface area contributed by atoms with E-state index in [2.05, 4.69) is 20.6 Å². The Bertz CT molecular complexity index is 876. The van der Waals surface area contributed by atoms with Crippen molar-refractivity contribution >= 4 is 38.8 Å². The number of nitrogens with one attached hydrogen (secondary N) is 2. The fourth-order valence-electron chi connectivity index (χ4n) is 2.55. The van der Waals surface area contributed by atoms with Crippen LogP contribution in [0, 0.1) is 12.7 Å². The minimum atomic E-state index is -2.96. The first-order valence-electron chi connectivity index (χ1n) is 7.35. The van der Waals surface area contributed by atoms with Gasteiger partial charge in [-0.05, 0) is 31.5 Å². The summed E-state index contributed by atoms with van der Waals surface area (Å²) in [6.07, 6.45) is 0.557. The molecule has 2 N–H and O–H groups in total. The summed E-state index contributed by atoms with van der Waals surface area (Å²) >= 11 is 5.77. The van der Waals surface area contributed by atoms with Crippen molar-refractivity contribution in [2.24, 2.45) is 0 Å². The van der Waals surface area contributed by atoms with Crippen LogP contribution in [0.3, 0.4) is 0 Å². The Balaban J connectivity index is 1.77. The molecule has 1 aromatic heterocycles. The summed E-state index contributed by atoms with van der Waals surface area (Å²) in [4.78, 5) is 8.54. The molecule has 6 nitrogen and oxygen atoms in total. The van der Waals surface area contributed by atoms with Crippen LogP contribution >= 0.6 is 11.6 Å². The normalized spacial score (nSPS) is 19.2.